The van der Waals surface area contributed by atoms with Crippen LogP contribution in [0, 0.1) is 6.92 Å². The quantitative estimate of drug-likeness (QED) is 0.705. The van der Waals surface area contributed by atoms with E-state index in [1.807, 2.05) is 13.8 Å². The number of anilines is 2. The minimum absolute atomic E-state index is 0.455. The summed E-state index contributed by atoms with van der Waals surface area (Å²) >= 11 is 0. The second-order valence-corrected chi connectivity index (χ2v) is 4.42. The molecule has 0 aliphatic carbocycles. The predicted molar refractivity (Wildman–Crippen MR) is 65.7 cm³/mol. The van der Waals surface area contributed by atoms with Crippen LogP contribution in [0.1, 0.15) is 26.3 Å². The molecule has 0 saturated carbocycles. The van der Waals surface area contributed by atoms with E-state index >= 15 is 0 Å². The number of nitrogens with one attached hydrogen (secondary N) is 2. The zero-order valence-electron chi connectivity index (χ0n) is 10.3. The van der Waals surface area contributed by atoms with E-state index in [2.05, 4.69) is 20.6 Å². The maximum atomic E-state index is 9.62. The summed E-state index contributed by atoms with van der Waals surface area (Å²) in [6, 6.07) is 0. The molecule has 0 unspecified atom stereocenters. The Hall–Kier alpha value is -1.36. The van der Waals surface area contributed by atoms with E-state index in [-0.39, 0.29) is 0 Å². The van der Waals surface area contributed by atoms with E-state index in [0.29, 0.717) is 12.5 Å². The highest BCUT2D eigenvalue weighted by Gasteiger charge is 2.13. The Morgan fingerprint density at radius 3 is 2.62 bits per heavy atom. The normalized spacial score (nSPS) is 11.3. The van der Waals surface area contributed by atoms with Crippen molar-refractivity contribution in [3.63, 3.8) is 0 Å². The zero-order chi connectivity index (χ0) is 12.2. The van der Waals surface area contributed by atoms with Gasteiger partial charge in [0.15, 0.2) is 0 Å². The fraction of sp³-hybridized carbons (Fsp3) is 0.636. The number of rotatable bonds is 5. The Kier molecular flexibility index (Phi) is 4.06. The van der Waals surface area contributed by atoms with Crippen molar-refractivity contribution in [2.75, 3.05) is 23.7 Å². The molecule has 1 heterocycles. The van der Waals surface area contributed by atoms with Gasteiger partial charge in [-0.3, -0.25) is 0 Å². The summed E-state index contributed by atoms with van der Waals surface area (Å²) in [5.41, 5.74) is 0.210. The lowest BCUT2D eigenvalue weighted by molar-refractivity contribution is 0.0944. The molecule has 16 heavy (non-hydrogen) atoms. The van der Waals surface area contributed by atoms with Gasteiger partial charge in [0.1, 0.15) is 5.82 Å². The van der Waals surface area contributed by atoms with Crippen molar-refractivity contribution in [3.05, 3.63) is 11.8 Å². The molecule has 0 saturated heterocycles. The molecular weight excluding hydrogens is 204 g/mol. The fourth-order valence-corrected chi connectivity index (χ4v) is 1.16. The van der Waals surface area contributed by atoms with Gasteiger partial charge in [-0.15, -0.1) is 0 Å². The van der Waals surface area contributed by atoms with Crippen molar-refractivity contribution < 1.29 is 5.11 Å². The van der Waals surface area contributed by atoms with Crippen LogP contribution in [0.25, 0.3) is 0 Å². The summed E-state index contributed by atoms with van der Waals surface area (Å²) in [6.45, 7) is 8.67. The van der Waals surface area contributed by atoms with E-state index in [1.165, 1.54) is 0 Å². The van der Waals surface area contributed by atoms with Gasteiger partial charge in [-0.05, 0) is 27.7 Å². The Bertz CT molecular complexity index is 346. The van der Waals surface area contributed by atoms with Crippen LogP contribution in [0.2, 0.25) is 0 Å². The number of hydrogen-bond donors (Lipinski definition) is 3. The zero-order valence-corrected chi connectivity index (χ0v) is 10.3. The predicted octanol–water partition coefficient (Wildman–Crippen LogP) is 1.40. The van der Waals surface area contributed by atoms with E-state index < -0.39 is 5.60 Å². The van der Waals surface area contributed by atoms with Crippen molar-refractivity contribution in [2.45, 2.75) is 33.3 Å². The summed E-state index contributed by atoms with van der Waals surface area (Å²) in [4.78, 5) is 8.47. The van der Waals surface area contributed by atoms with Crippen LogP contribution in [-0.4, -0.2) is 33.8 Å². The molecule has 1 aromatic heterocycles. The van der Waals surface area contributed by atoms with Gasteiger partial charge in [0.25, 0.3) is 0 Å². The molecular formula is C11H20N4O. The molecule has 1 rings (SSSR count). The molecule has 90 valence electrons. The Morgan fingerprint density at radius 1 is 1.38 bits per heavy atom. The van der Waals surface area contributed by atoms with Gasteiger partial charge >= 0.3 is 0 Å². The van der Waals surface area contributed by atoms with Crippen LogP contribution in [0.3, 0.4) is 0 Å². The second kappa shape index (κ2) is 5.12. The number of aliphatic hydroxyl groups is 1. The topological polar surface area (TPSA) is 70.1 Å². The molecule has 0 radical (unpaired) electrons. The smallest absolute Gasteiger partial charge is 0.224 e. The first-order valence-corrected chi connectivity index (χ1v) is 5.46. The summed E-state index contributed by atoms with van der Waals surface area (Å²) in [7, 11) is 0. The standard InChI is InChI=1S/C11H20N4O/c1-5-12-10-13-6-8(2)9(15-10)14-7-11(3,4)16/h6,16H,5,7H2,1-4H3,(H2,12,13,14,15). The molecule has 0 aliphatic heterocycles. The van der Waals surface area contributed by atoms with Crippen molar-refractivity contribution in [1.29, 1.82) is 0 Å². The molecule has 5 heteroatoms. The molecule has 0 spiro atoms. The van der Waals surface area contributed by atoms with E-state index in [0.717, 1.165) is 17.9 Å². The van der Waals surface area contributed by atoms with Crippen LogP contribution in [-0.2, 0) is 0 Å². The molecule has 0 amide bonds. The van der Waals surface area contributed by atoms with E-state index in [9.17, 15) is 5.11 Å². The summed E-state index contributed by atoms with van der Waals surface area (Å²) in [5, 5.41) is 15.8. The molecule has 0 bridgehead atoms. The minimum Gasteiger partial charge on any atom is -0.389 e. The van der Waals surface area contributed by atoms with Crippen molar-refractivity contribution in [2.24, 2.45) is 0 Å². The van der Waals surface area contributed by atoms with Gasteiger partial charge in [0.05, 0.1) is 5.60 Å². The highest BCUT2D eigenvalue weighted by Crippen LogP contribution is 2.13. The van der Waals surface area contributed by atoms with Crippen molar-refractivity contribution in [3.8, 4) is 0 Å². The van der Waals surface area contributed by atoms with Gasteiger partial charge < -0.3 is 15.7 Å². The third-order valence-electron chi connectivity index (χ3n) is 2.00. The maximum Gasteiger partial charge on any atom is 0.224 e. The Balaban J connectivity index is 2.74. The van der Waals surface area contributed by atoms with Crippen molar-refractivity contribution in [1.82, 2.24) is 9.97 Å². The highest BCUT2D eigenvalue weighted by atomic mass is 16.3. The third kappa shape index (κ3) is 4.02. The monoisotopic (exact) mass is 224 g/mol. The Labute approximate surface area is 96.3 Å². The number of aromatic nitrogens is 2. The van der Waals surface area contributed by atoms with Gasteiger partial charge in [0.2, 0.25) is 5.95 Å². The lowest BCUT2D eigenvalue weighted by Crippen LogP contribution is -2.30. The lowest BCUT2D eigenvalue weighted by Gasteiger charge is -2.19. The molecule has 0 aromatic carbocycles. The number of hydrogen-bond acceptors (Lipinski definition) is 5. The molecule has 0 fully saturated rings. The Morgan fingerprint density at radius 2 is 2.06 bits per heavy atom. The maximum absolute atomic E-state index is 9.62. The highest BCUT2D eigenvalue weighted by molar-refractivity contribution is 5.46. The third-order valence-corrected chi connectivity index (χ3v) is 2.00. The summed E-state index contributed by atoms with van der Waals surface area (Å²) < 4.78 is 0. The second-order valence-electron chi connectivity index (χ2n) is 4.42. The van der Waals surface area contributed by atoms with Crippen LogP contribution in [0.5, 0.6) is 0 Å². The van der Waals surface area contributed by atoms with Gasteiger partial charge in [-0.25, -0.2) is 4.98 Å². The van der Waals surface area contributed by atoms with Crippen molar-refractivity contribution >= 4 is 11.8 Å². The van der Waals surface area contributed by atoms with Gasteiger partial charge in [-0.1, -0.05) is 0 Å². The molecule has 1 aromatic rings. The molecule has 3 N–H and O–H groups in total. The van der Waals surface area contributed by atoms with Gasteiger partial charge in [0, 0.05) is 24.8 Å². The van der Waals surface area contributed by atoms with Gasteiger partial charge in [-0.2, -0.15) is 4.98 Å². The first-order chi connectivity index (χ1) is 7.42. The molecule has 0 aliphatic rings. The average molecular weight is 224 g/mol. The first-order valence-electron chi connectivity index (χ1n) is 5.46. The SMILES string of the molecule is CCNc1ncc(C)c(NCC(C)(C)O)n1. The summed E-state index contributed by atoms with van der Waals surface area (Å²) in [6.07, 6.45) is 1.76. The number of aryl methyl sites for hydroxylation is 1. The van der Waals surface area contributed by atoms with Crippen LogP contribution in [0.4, 0.5) is 11.8 Å². The molecule has 5 nitrogen and oxygen atoms in total. The molecule has 0 atom stereocenters. The van der Waals surface area contributed by atoms with Crippen LogP contribution < -0.4 is 10.6 Å². The van der Waals surface area contributed by atoms with E-state index in [4.69, 9.17) is 0 Å². The van der Waals surface area contributed by atoms with Crippen LogP contribution in [0.15, 0.2) is 6.20 Å². The summed E-state index contributed by atoms with van der Waals surface area (Å²) in [5.74, 6) is 1.36. The minimum atomic E-state index is -0.754. The van der Waals surface area contributed by atoms with E-state index in [1.54, 1.807) is 20.0 Å². The first kappa shape index (κ1) is 12.7. The largest absolute Gasteiger partial charge is 0.389 e. The lowest BCUT2D eigenvalue weighted by atomic mass is 10.1. The van der Waals surface area contributed by atoms with Crippen LogP contribution >= 0.6 is 0 Å². The number of nitrogens with zero attached hydrogens (tertiary/aromatic N) is 2. The average Bonchev–Trinajstić information content (AvgIpc) is 2.18. The fourth-order valence-electron chi connectivity index (χ4n) is 1.16.